The zero-order valence-corrected chi connectivity index (χ0v) is 14.5. The van der Waals surface area contributed by atoms with E-state index in [2.05, 4.69) is 32.0 Å². The maximum absolute atomic E-state index is 11.9. The molecule has 0 radical (unpaired) electrons. The van der Waals surface area contributed by atoms with Crippen molar-refractivity contribution in [3.8, 4) is 28.1 Å². The minimum atomic E-state index is -0.0193. The number of benzene rings is 3. The van der Waals surface area contributed by atoms with Gasteiger partial charge in [-0.05, 0) is 49.2 Å². The Hall–Kier alpha value is -3.07. The van der Waals surface area contributed by atoms with Crippen LogP contribution in [-0.4, -0.2) is 9.67 Å². The number of pyridine rings is 1. The number of aromatic nitrogens is 1. The largest absolute Gasteiger partial charge is 0.508 e. The van der Waals surface area contributed by atoms with Gasteiger partial charge >= 0.3 is 0 Å². The predicted octanol–water partition coefficient (Wildman–Crippen LogP) is 4.63. The minimum Gasteiger partial charge on any atom is -0.508 e. The van der Waals surface area contributed by atoms with Crippen molar-refractivity contribution in [1.29, 1.82) is 0 Å². The highest BCUT2D eigenvalue weighted by Gasteiger charge is 2.19. The van der Waals surface area contributed by atoms with E-state index in [9.17, 15) is 9.90 Å². The second-order valence-electron chi connectivity index (χ2n) is 6.63. The Morgan fingerprint density at radius 2 is 1.64 bits per heavy atom. The van der Waals surface area contributed by atoms with E-state index in [-0.39, 0.29) is 11.2 Å². The van der Waals surface area contributed by atoms with Crippen LogP contribution >= 0.6 is 0 Å². The number of hydrogen-bond acceptors (Lipinski definition) is 2. The molecular formula is C22H19NO2. The second-order valence-corrected chi connectivity index (χ2v) is 6.63. The number of hydrogen-bond donors (Lipinski definition) is 1. The Morgan fingerprint density at radius 3 is 2.40 bits per heavy atom. The van der Waals surface area contributed by atoms with E-state index < -0.39 is 0 Å². The molecule has 0 amide bonds. The van der Waals surface area contributed by atoms with Gasteiger partial charge in [0.05, 0.1) is 11.2 Å². The van der Waals surface area contributed by atoms with Crippen LogP contribution in [0.4, 0.5) is 0 Å². The average molecular weight is 329 g/mol. The first-order chi connectivity index (χ1) is 12.0. The first kappa shape index (κ1) is 15.5. The van der Waals surface area contributed by atoms with Crippen molar-refractivity contribution in [3.05, 3.63) is 75.9 Å². The van der Waals surface area contributed by atoms with Crippen LogP contribution in [0.5, 0.6) is 5.75 Å². The lowest BCUT2D eigenvalue weighted by atomic mass is 9.89. The van der Waals surface area contributed by atoms with Crippen molar-refractivity contribution in [2.75, 3.05) is 0 Å². The lowest BCUT2D eigenvalue weighted by molar-refractivity contribution is 0.476. The molecule has 0 bridgehead atoms. The van der Waals surface area contributed by atoms with Crippen molar-refractivity contribution >= 4 is 10.9 Å². The van der Waals surface area contributed by atoms with Crippen LogP contribution in [0.2, 0.25) is 0 Å². The first-order valence-electron chi connectivity index (χ1n) is 8.29. The molecule has 1 N–H and O–H groups in total. The number of phenolic OH excluding ortho intramolecular Hbond substituents is 1. The fourth-order valence-electron chi connectivity index (χ4n) is 3.67. The molecule has 2 aromatic rings. The summed E-state index contributed by atoms with van der Waals surface area (Å²) < 4.78 is 1.97. The molecule has 124 valence electrons. The normalized spacial score (nSPS) is 11.3. The van der Waals surface area contributed by atoms with Crippen LogP contribution in [0.15, 0.2) is 59.4 Å². The molecular weight excluding hydrogens is 310 g/mol. The Labute approximate surface area is 146 Å². The molecule has 0 atom stereocenters. The molecule has 25 heavy (non-hydrogen) atoms. The maximum atomic E-state index is 11.9. The third-order valence-electron chi connectivity index (χ3n) is 4.86. The molecule has 1 heterocycles. The second kappa shape index (κ2) is 5.49. The van der Waals surface area contributed by atoms with Gasteiger partial charge in [0.1, 0.15) is 5.75 Å². The monoisotopic (exact) mass is 329 g/mol. The Bertz CT molecular complexity index is 1150. The molecule has 3 heteroatoms. The number of aromatic hydroxyl groups is 1. The summed E-state index contributed by atoms with van der Waals surface area (Å²) in [7, 11) is 1.93. The third kappa shape index (κ3) is 2.40. The van der Waals surface area contributed by atoms with Gasteiger partial charge < -0.3 is 9.67 Å². The van der Waals surface area contributed by atoms with Crippen molar-refractivity contribution in [2.45, 2.75) is 13.8 Å². The Balaban J connectivity index is 2.25. The minimum absolute atomic E-state index is 0.0193. The molecule has 0 saturated heterocycles. The zero-order chi connectivity index (χ0) is 17.7. The van der Waals surface area contributed by atoms with Gasteiger partial charge in [-0.3, -0.25) is 4.79 Å². The fraction of sp³-hybridized carbons (Fsp3) is 0.136. The Morgan fingerprint density at radius 1 is 0.880 bits per heavy atom. The van der Waals surface area contributed by atoms with Crippen molar-refractivity contribution in [3.63, 3.8) is 0 Å². The SMILES string of the molecule is Cc1ccc(-c2c3ccc(=O)cc-3n(C)c3cc(O)ccc23)c(C)c1. The highest BCUT2D eigenvalue weighted by Crippen LogP contribution is 2.41. The van der Waals surface area contributed by atoms with E-state index in [1.54, 1.807) is 24.3 Å². The van der Waals surface area contributed by atoms with Gasteiger partial charge in [0, 0.05) is 35.7 Å². The summed E-state index contributed by atoms with van der Waals surface area (Å²) in [6, 6.07) is 17.0. The molecule has 0 saturated carbocycles. The number of rotatable bonds is 1. The molecule has 4 rings (SSSR count). The van der Waals surface area contributed by atoms with Crippen LogP contribution in [-0.2, 0) is 7.05 Å². The standard InChI is InChI=1S/C22H19NO2/c1-13-4-7-17(14(2)10-13)22-18-8-5-15(24)11-20(18)23(3)21-12-16(25)6-9-19(21)22/h4-12,24H,1-3H3. The van der Waals surface area contributed by atoms with E-state index in [1.807, 2.05) is 23.7 Å². The summed E-state index contributed by atoms with van der Waals surface area (Å²) in [5.74, 6) is 0.215. The lowest BCUT2D eigenvalue weighted by Gasteiger charge is -2.22. The quantitative estimate of drug-likeness (QED) is 0.517. The van der Waals surface area contributed by atoms with Gasteiger partial charge in [-0.2, -0.15) is 0 Å². The molecule has 0 aromatic heterocycles. The number of fused-ring (bicyclic) bond motifs is 2. The smallest absolute Gasteiger partial charge is 0.180 e. The molecule has 2 aliphatic rings. The first-order valence-corrected chi connectivity index (χ1v) is 8.29. The summed E-state index contributed by atoms with van der Waals surface area (Å²) in [6.45, 7) is 4.19. The van der Waals surface area contributed by atoms with Crippen molar-refractivity contribution in [2.24, 2.45) is 7.05 Å². The van der Waals surface area contributed by atoms with Crippen molar-refractivity contribution < 1.29 is 5.11 Å². The molecule has 0 unspecified atom stereocenters. The van der Waals surface area contributed by atoms with Crippen LogP contribution in [0.25, 0.3) is 33.3 Å². The highest BCUT2D eigenvalue weighted by atomic mass is 16.3. The summed E-state index contributed by atoms with van der Waals surface area (Å²) in [5, 5.41) is 11.0. The van der Waals surface area contributed by atoms with Crippen molar-refractivity contribution in [1.82, 2.24) is 4.57 Å². The molecule has 0 spiro atoms. The summed E-state index contributed by atoms with van der Waals surface area (Å²) in [4.78, 5) is 11.9. The molecule has 1 aliphatic heterocycles. The van der Waals surface area contributed by atoms with Gasteiger partial charge in [-0.25, -0.2) is 0 Å². The summed E-state index contributed by atoms with van der Waals surface area (Å²) >= 11 is 0. The highest BCUT2D eigenvalue weighted by molar-refractivity contribution is 6.04. The predicted molar refractivity (Wildman–Crippen MR) is 102 cm³/mol. The summed E-state index contributed by atoms with van der Waals surface area (Å²) in [5.41, 5.74) is 7.42. The molecule has 1 aliphatic carbocycles. The van der Waals surface area contributed by atoms with Crippen LogP contribution < -0.4 is 5.43 Å². The molecule has 3 nitrogen and oxygen atoms in total. The molecule has 0 fully saturated rings. The lowest BCUT2D eigenvalue weighted by Crippen LogP contribution is -2.08. The number of nitrogens with zero attached hydrogens (tertiary/aromatic N) is 1. The fourth-order valence-corrected chi connectivity index (χ4v) is 3.67. The average Bonchev–Trinajstić information content (AvgIpc) is 2.57. The number of phenols is 1. The van der Waals surface area contributed by atoms with Crippen LogP contribution in [0.3, 0.4) is 0 Å². The zero-order valence-electron chi connectivity index (χ0n) is 14.5. The van der Waals surface area contributed by atoms with Gasteiger partial charge in [-0.1, -0.05) is 23.8 Å². The maximum Gasteiger partial charge on any atom is 0.180 e. The van der Waals surface area contributed by atoms with E-state index in [4.69, 9.17) is 0 Å². The third-order valence-corrected chi connectivity index (χ3v) is 4.86. The van der Waals surface area contributed by atoms with E-state index in [0.29, 0.717) is 0 Å². The van der Waals surface area contributed by atoms with Crippen LogP contribution in [0.1, 0.15) is 11.1 Å². The van der Waals surface area contributed by atoms with Gasteiger partial charge in [0.2, 0.25) is 0 Å². The Kier molecular flexibility index (Phi) is 3.39. The summed E-state index contributed by atoms with van der Waals surface area (Å²) in [6.07, 6.45) is 0. The molecule has 2 aromatic carbocycles. The topological polar surface area (TPSA) is 42.2 Å². The van der Waals surface area contributed by atoms with Gasteiger partial charge in [-0.15, -0.1) is 0 Å². The van der Waals surface area contributed by atoms with Crippen LogP contribution in [0, 0.1) is 13.8 Å². The van der Waals surface area contributed by atoms with E-state index in [0.717, 1.165) is 33.3 Å². The number of aryl methyl sites for hydroxylation is 3. The van der Waals surface area contributed by atoms with E-state index in [1.165, 1.54) is 11.1 Å². The van der Waals surface area contributed by atoms with Gasteiger partial charge in [0.25, 0.3) is 0 Å². The van der Waals surface area contributed by atoms with Gasteiger partial charge in [0.15, 0.2) is 5.43 Å². The van der Waals surface area contributed by atoms with E-state index >= 15 is 0 Å².